The van der Waals surface area contributed by atoms with Crippen molar-refractivity contribution in [1.29, 1.82) is 0 Å². The van der Waals surface area contributed by atoms with Crippen molar-refractivity contribution in [3.05, 3.63) is 0 Å². The van der Waals surface area contributed by atoms with Crippen molar-refractivity contribution in [3.63, 3.8) is 0 Å². The smallest absolute Gasteiger partial charge is 0.0593 e. The Labute approximate surface area is 108 Å². The summed E-state index contributed by atoms with van der Waals surface area (Å²) in [5.74, 6) is 0. The van der Waals surface area contributed by atoms with Gasteiger partial charge < -0.3 is 10.1 Å². The fraction of sp³-hybridized carbons (Fsp3) is 1.00. The minimum atomic E-state index is 0.201. The van der Waals surface area contributed by atoms with Gasteiger partial charge in [0, 0.05) is 31.3 Å². The van der Waals surface area contributed by atoms with E-state index in [0.29, 0.717) is 6.04 Å². The molecule has 3 heteroatoms. The van der Waals surface area contributed by atoms with Crippen LogP contribution in [-0.2, 0) is 4.74 Å². The SMILES string of the molecule is CCOCCN(CC)C(CC)CNC(C)(C)C. The lowest BCUT2D eigenvalue weighted by Gasteiger charge is -2.33. The van der Waals surface area contributed by atoms with Crippen molar-refractivity contribution in [2.24, 2.45) is 0 Å². The Morgan fingerprint density at radius 2 is 1.82 bits per heavy atom. The molecule has 0 saturated carbocycles. The van der Waals surface area contributed by atoms with Crippen LogP contribution < -0.4 is 5.32 Å². The minimum Gasteiger partial charge on any atom is -0.380 e. The van der Waals surface area contributed by atoms with Gasteiger partial charge in [-0.2, -0.15) is 0 Å². The van der Waals surface area contributed by atoms with E-state index in [2.05, 4.69) is 51.8 Å². The molecule has 0 aliphatic rings. The van der Waals surface area contributed by atoms with Crippen molar-refractivity contribution in [2.45, 2.75) is 59.5 Å². The van der Waals surface area contributed by atoms with Crippen LogP contribution in [0, 0.1) is 0 Å². The van der Waals surface area contributed by atoms with Crippen LogP contribution in [0.4, 0.5) is 0 Å². The van der Waals surface area contributed by atoms with Crippen LogP contribution in [0.15, 0.2) is 0 Å². The number of nitrogens with one attached hydrogen (secondary N) is 1. The summed E-state index contributed by atoms with van der Waals surface area (Å²) in [6.07, 6.45) is 1.18. The predicted octanol–water partition coefficient (Wildman–Crippen LogP) is 2.51. The first-order valence-electron chi connectivity index (χ1n) is 7.01. The number of hydrogen-bond donors (Lipinski definition) is 1. The maximum atomic E-state index is 5.44. The average Bonchev–Trinajstić information content (AvgIpc) is 2.26. The summed E-state index contributed by atoms with van der Waals surface area (Å²) in [5.41, 5.74) is 0.201. The third-order valence-electron chi connectivity index (χ3n) is 2.99. The minimum absolute atomic E-state index is 0.201. The first-order chi connectivity index (χ1) is 7.94. The lowest BCUT2D eigenvalue weighted by atomic mass is 10.1. The molecule has 0 radical (unpaired) electrons. The van der Waals surface area contributed by atoms with Gasteiger partial charge >= 0.3 is 0 Å². The van der Waals surface area contributed by atoms with Crippen molar-refractivity contribution in [1.82, 2.24) is 10.2 Å². The molecule has 0 aromatic carbocycles. The summed E-state index contributed by atoms with van der Waals surface area (Å²) in [6, 6.07) is 0.611. The molecule has 1 unspecified atom stereocenters. The number of hydrogen-bond acceptors (Lipinski definition) is 3. The number of likely N-dealkylation sites (N-methyl/N-ethyl adjacent to an activating group) is 1. The molecule has 3 nitrogen and oxygen atoms in total. The normalized spacial score (nSPS) is 14.3. The van der Waals surface area contributed by atoms with Crippen LogP contribution in [0.3, 0.4) is 0 Å². The van der Waals surface area contributed by atoms with Gasteiger partial charge in [-0.3, -0.25) is 4.90 Å². The molecule has 0 aliphatic heterocycles. The highest BCUT2D eigenvalue weighted by Crippen LogP contribution is 2.06. The van der Waals surface area contributed by atoms with E-state index in [-0.39, 0.29) is 5.54 Å². The lowest BCUT2D eigenvalue weighted by molar-refractivity contribution is 0.0931. The van der Waals surface area contributed by atoms with Crippen LogP contribution in [-0.4, -0.2) is 49.3 Å². The van der Waals surface area contributed by atoms with Gasteiger partial charge in [0.05, 0.1) is 6.61 Å². The summed E-state index contributed by atoms with van der Waals surface area (Å²) in [6.45, 7) is 18.0. The van der Waals surface area contributed by atoms with E-state index >= 15 is 0 Å². The van der Waals surface area contributed by atoms with Gasteiger partial charge in [0.25, 0.3) is 0 Å². The van der Waals surface area contributed by atoms with E-state index in [1.54, 1.807) is 0 Å². The molecular weight excluding hydrogens is 212 g/mol. The molecule has 0 saturated heterocycles. The quantitative estimate of drug-likeness (QED) is 0.631. The van der Waals surface area contributed by atoms with E-state index < -0.39 is 0 Å². The molecule has 0 fully saturated rings. The summed E-state index contributed by atoms with van der Waals surface area (Å²) < 4.78 is 5.44. The Morgan fingerprint density at radius 3 is 2.24 bits per heavy atom. The predicted molar refractivity (Wildman–Crippen MR) is 75.6 cm³/mol. The fourth-order valence-corrected chi connectivity index (χ4v) is 1.88. The topological polar surface area (TPSA) is 24.5 Å². The van der Waals surface area contributed by atoms with E-state index in [0.717, 1.165) is 32.8 Å². The van der Waals surface area contributed by atoms with Crippen molar-refractivity contribution >= 4 is 0 Å². The molecule has 0 aliphatic carbocycles. The number of ether oxygens (including phenoxy) is 1. The molecule has 0 rings (SSSR count). The summed E-state index contributed by atoms with van der Waals surface area (Å²) in [4.78, 5) is 2.51. The first kappa shape index (κ1) is 16.9. The summed E-state index contributed by atoms with van der Waals surface area (Å²) >= 11 is 0. The maximum absolute atomic E-state index is 5.44. The number of nitrogens with zero attached hydrogens (tertiary/aromatic N) is 1. The second-order valence-electron chi connectivity index (χ2n) is 5.52. The van der Waals surface area contributed by atoms with E-state index in [4.69, 9.17) is 4.74 Å². The maximum Gasteiger partial charge on any atom is 0.0593 e. The van der Waals surface area contributed by atoms with Crippen molar-refractivity contribution in [3.8, 4) is 0 Å². The van der Waals surface area contributed by atoms with E-state index in [9.17, 15) is 0 Å². The molecule has 0 heterocycles. The molecule has 0 aromatic rings. The second kappa shape index (κ2) is 8.90. The molecule has 104 valence electrons. The molecule has 1 N–H and O–H groups in total. The third-order valence-corrected chi connectivity index (χ3v) is 2.99. The van der Waals surface area contributed by atoms with E-state index in [1.807, 2.05) is 0 Å². The molecular formula is C14H32N2O. The largest absolute Gasteiger partial charge is 0.380 e. The summed E-state index contributed by atoms with van der Waals surface area (Å²) in [7, 11) is 0. The zero-order valence-corrected chi connectivity index (χ0v) is 12.7. The highest BCUT2D eigenvalue weighted by Gasteiger charge is 2.17. The standard InChI is InChI=1S/C14H32N2O/c1-7-13(12-15-14(4,5)6)16(8-2)10-11-17-9-3/h13,15H,7-12H2,1-6H3. The Bertz CT molecular complexity index is 178. The van der Waals surface area contributed by atoms with Crippen LogP contribution >= 0.6 is 0 Å². The third kappa shape index (κ3) is 8.58. The van der Waals surface area contributed by atoms with Crippen LogP contribution in [0.2, 0.25) is 0 Å². The molecule has 0 spiro atoms. The zero-order chi connectivity index (χ0) is 13.3. The monoisotopic (exact) mass is 244 g/mol. The van der Waals surface area contributed by atoms with Gasteiger partial charge in [0.15, 0.2) is 0 Å². The van der Waals surface area contributed by atoms with Gasteiger partial charge in [0.1, 0.15) is 0 Å². The van der Waals surface area contributed by atoms with Crippen LogP contribution in [0.1, 0.15) is 48.0 Å². The van der Waals surface area contributed by atoms with Gasteiger partial charge in [-0.1, -0.05) is 13.8 Å². The Hall–Kier alpha value is -0.120. The molecule has 1 atom stereocenters. The summed E-state index contributed by atoms with van der Waals surface area (Å²) in [5, 5.41) is 3.60. The molecule has 17 heavy (non-hydrogen) atoms. The number of rotatable bonds is 9. The Kier molecular flexibility index (Phi) is 8.83. The van der Waals surface area contributed by atoms with Crippen molar-refractivity contribution < 1.29 is 4.74 Å². The van der Waals surface area contributed by atoms with Crippen molar-refractivity contribution in [2.75, 3.05) is 32.8 Å². The average molecular weight is 244 g/mol. The van der Waals surface area contributed by atoms with Crippen LogP contribution in [0.25, 0.3) is 0 Å². The molecule has 0 bridgehead atoms. The highest BCUT2D eigenvalue weighted by molar-refractivity contribution is 4.77. The van der Waals surface area contributed by atoms with Gasteiger partial charge in [0.2, 0.25) is 0 Å². The van der Waals surface area contributed by atoms with Gasteiger partial charge in [-0.05, 0) is 40.7 Å². The highest BCUT2D eigenvalue weighted by atomic mass is 16.5. The van der Waals surface area contributed by atoms with Crippen LogP contribution in [0.5, 0.6) is 0 Å². The fourth-order valence-electron chi connectivity index (χ4n) is 1.88. The molecule has 0 amide bonds. The zero-order valence-electron chi connectivity index (χ0n) is 12.7. The Morgan fingerprint density at radius 1 is 1.18 bits per heavy atom. The molecule has 0 aromatic heterocycles. The van der Waals surface area contributed by atoms with Gasteiger partial charge in [-0.25, -0.2) is 0 Å². The Balaban J connectivity index is 4.09. The second-order valence-corrected chi connectivity index (χ2v) is 5.52. The van der Waals surface area contributed by atoms with Gasteiger partial charge in [-0.15, -0.1) is 0 Å². The van der Waals surface area contributed by atoms with E-state index in [1.165, 1.54) is 6.42 Å². The lowest BCUT2D eigenvalue weighted by Crippen LogP contribution is -2.48. The first-order valence-corrected chi connectivity index (χ1v) is 7.01.